The molecule has 3 nitrogen and oxygen atoms in total. The summed E-state index contributed by atoms with van der Waals surface area (Å²) in [5.41, 5.74) is -1.19. The van der Waals surface area contributed by atoms with Gasteiger partial charge in [0.25, 0.3) is 0 Å². The van der Waals surface area contributed by atoms with Crippen LogP contribution in [0.3, 0.4) is 0 Å². The summed E-state index contributed by atoms with van der Waals surface area (Å²) < 4.78 is 76.0. The van der Waals surface area contributed by atoms with Crippen LogP contribution in [0.2, 0.25) is 0 Å². The van der Waals surface area contributed by atoms with Crippen molar-refractivity contribution < 1.29 is 35.9 Å². The van der Waals surface area contributed by atoms with Crippen molar-refractivity contribution in [1.29, 1.82) is 0 Å². The minimum atomic E-state index is -5.32. The van der Waals surface area contributed by atoms with E-state index >= 15 is 0 Å². The highest BCUT2D eigenvalue weighted by molar-refractivity contribution is 9.10. The van der Waals surface area contributed by atoms with E-state index in [1.54, 1.807) is 0 Å². The first-order chi connectivity index (χ1) is 8.04. The Balaban J connectivity index is 3.14. The fourth-order valence-corrected chi connectivity index (χ4v) is 1.90. The first-order valence-electron chi connectivity index (χ1n) is 4.21. The Bertz CT molecular complexity index is 490. The van der Waals surface area contributed by atoms with Crippen molar-refractivity contribution in [2.24, 2.45) is 0 Å². The van der Waals surface area contributed by atoms with Crippen LogP contribution in [0.15, 0.2) is 22.7 Å². The van der Waals surface area contributed by atoms with E-state index in [2.05, 4.69) is 20.5 Å². The van der Waals surface area contributed by atoms with Gasteiger partial charge in [0.1, 0.15) is 5.75 Å². The van der Waals surface area contributed by atoms with Crippen molar-refractivity contribution in [3.05, 3.63) is 28.2 Å². The second-order valence-electron chi connectivity index (χ2n) is 3.08. The van der Waals surface area contributed by atoms with Gasteiger partial charge in [0.05, 0.1) is 10.0 Å². The molecule has 10 heteroatoms. The Morgan fingerprint density at radius 3 is 2.33 bits per heavy atom. The highest BCUT2D eigenvalue weighted by Gasteiger charge is 2.36. The lowest BCUT2D eigenvalue weighted by Gasteiger charge is -2.15. The quantitative estimate of drug-likeness (QED) is 0.651. The summed E-state index contributed by atoms with van der Waals surface area (Å²) in [6, 6.07) is 1.90. The molecule has 0 saturated carbocycles. The van der Waals surface area contributed by atoms with E-state index in [1.807, 2.05) is 0 Å². The second-order valence-corrected chi connectivity index (χ2v) is 5.63. The van der Waals surface area contributed by atoms with Crippen molar-refractivity contribution in [2.45, 2.75) is 12.3 Å². The van der Waals surface area contributed by atoms with E-state index in [4.69, 9.17) is 4.89 Å². The SMILES string of the molecule is O=P(O)(Oc1cc(C(F)(F)F)ccc1Br)C(F)F. The summed E-state index contributed by atoms with van der Waals surface area (Å²) >= 11 is 2.73. The molecule has 0 aliphatic heterocycles. The summed E-state index contributed by atoms with van der Waals surface area (Å²) in [5.74, 6) is -0.782. The molecule has 1 rings (SSSR count). The van der Waals surface area contributed by atoms with Gasteiger partial charge in [0.15, 0.2) is 0 Å². The maximum Gasteiger partial charge on any atom is 0.442 e. The maximum absolute atomic E-state index is 12.3. The lowest BCUT2D eigenvalue weighted by atomic mass is 10.2. The predicted molar refractivity (Wildman–Crippen MR) is 55.6 cm³/mol. The summed E-state index contributed by atoms with van der Waals surface area (Å²) in [7, 11) is -5.32. The number of halogens is 6. The number of hydrogen-bond acceptors (Lipinski definition) is 2. The molecule has 1 aromatic carbocycles. The van der Waals surface area contributed by atoms with Crippen LogP contribution in [0.25, 0.3) is 0 Å². The molecule has 0 spiro atoms. The lowest BCUT2D eigenvalue weighted by molar-refractivity contribution is -0.137. The smallest absolute Gasteiger partial charge is 0.420 e. The molecule has 0 saturated heterocycles. The van der Waals surface area contributed by atoms with Gasteiger partial charge in [-0.1, -0.05) is 0 Å². The zero-order valence-electron chi connectivity index (χ0n) is 8.29. The second kappa shape index (κ2) is 5.14. The topological polar surface area (TPSA) is 46.5 Å². The standard InChI is InChI=1S/C8H5BrF5O3P/c9-5-2-1-4(8(12,13)14)3-6(5)17-18(15,16)7(10)11/h1-3,7H,(H,15,16). The first-order valence-corrected chi connectivity index (χ1v) is 6.65. The van der Waals surface area contributed by atoms with E-state index in [9.17, 15) is 26.5 Å². The van der Waals surface area contributed by atoms with Crippen molar-refractivity contribution in [2.75, 3.05) is 0 Å². The fraction of sp³-hybridized carbons (Fsp3) is 0.250. The fourth-order valence-electron chi connectivity index (χ4n) is 0.930. The molecule has 0 aromatic heterocycles. The van der Waals surface area contributed by atoms with Crippen LogP contribution in [0.1, 0.15) is 5.56 Å². The van der Waals surface area contributed by atoms with Gasteiger partial charge in [-0.05, 0) is 34.1 Å². The van der Waals surface area contributed by atoms with Crippen molar-refractivity contribution in [3.63, 3.8) is 0 Å². The van der Waals surface area contributed by atoms with Crippen molar-refractivity contribution in [3.8, 4) is 5.75 Å². The Morgan fingerprint density at radius 1 is 1.33 bits per heavy atom. The average Bonchev–Trinajstić information content (AvgIpc) is 2.19. The van der Waals surface area contributed by atoms with Gasteiger partial charge >= 0.3 is 19.9 Å². The first kappa shape index (κ1) is 15.4. The largest absolute Gasteiger partial charge is 0.442 e. The zero-order chi connectivity index (χ0) is 14.1. The monoisotopic (exact) mass is 354 g/mol. The molecular formula is C8H5BrF5O3P. The Kier molecular flexibility index (Phi) is 4.40. The number of rotatable bonds is 3. The highest BCUT2D eigenvalue weighted by Crippen LogP contribution is 2.51. The van der Waals surface area contributed by atoms with Crippen LogP contribution in [0, 0.1) is 0 Å². The molecule has 0 aliphatic rings. The van der Waals surface area contributed by atoms with Crippen LogP contribution >= 0.6 is 23.5 Å². The third-order valence-corrected chi connectivity index (χ3v) is 3.34. The molecule has 0 amide bonds. The van der Waals surface area contributed by atoms with E-state index in [0.29, 0.717) is 12.1 Å². The number of benzene rings is 1. The molecule has 18 heavy (non-hydrogen) atoms. The Labute approximate surface area is 106 Å². The summed E-state index contributed by atoms with van der Waals surface area (Å²) in [6.07, 6.45) is -8.43. The van der Waals surface area contributed by atoms with Gasteiger partial charge in [0, 0.05) is 0 Å². The molecule has 1 atom stereocenters. The van der Waals surface area contributed by atoms with Gasteiger partial charge in [-0.3, -0.25) is 0 Å². The van der Waals surface area contributed by atoms with Crippen LogP contribution in [-0.2, 0) is 10.7 Å². The van der Waals surface area contributed by atoms with E-state index < -0.39 is 31.3 Å². The normalized spacial score (nSPS) is 15.6. The van der Waals surface area contributed by atoms with Crippen molar-refractivity contribution >= 4 is 23.5 Å². The molecule has 0 heterocycles. The Morgan fingerprint density at radius 2 is 1.89 bits per heavy atom. The van der Waals surface area contributed by atoms with Gasteiger partial charge in [-0.2, -0.15) is 22.0 Å². The van der Waals surface area contributed by atoms with Crippen LogP contribution in [0.4, 0.5) is 22.0 Å². The molecule has 0 bridgehead atoms. The molecule has 1 N–H and O–H groups in total. The molecule has 102 valence electrons. The van der Waals surface area contributed by atoms with Crippen LogP contribution < -0.4 is 4.52 Å². The highest BCUT2D eigenvalue weighted by atomic mass is 79.9. The van der Waals surface area contributed by atoms with E-state index in [1.165, 1.54) is 0 Å². The molecular weight excluding hydrogens is 350 g/mol. The van der Waals surface area contributed by atoms with Gasteiger partial charge in [-0.15, -0.1) is 0 Å². The minimum Gasteiger partial charge on any atom is -0.420 e. The van der Waals surface area contributed by atoms with Gasteiger partial charge in [-0.25, -0.2) is 4.57 Å². The maximum atomic E-state index is 12.3. The van der Waals surface area contributed by atoms with Crippen LogP contribution in [0.5, 0.6) is 5.75 Å². The molecule has 0 radical (unpaired) electrons. The summed E-state index contributed by atoms with van der Waals surface area (Å²) in [4.78, 5) is 8.74. The lowest BCUT2D eigenvalue weighted by Crippen LogP contribution is -2.06. The van der Waals surface area contributed by atoms with Crippen LogP contribution in [-0.4, -0.2) is 11.1 Å². The summed E-state index contributed by atoms with van der Waals surface area (Å²) in [5, 5.41) is 0. The zero-order valence-corrected chi connectivity index (χ0v) is 10.8. The van der Waals surface area contributed by atoms with E-state index in [-0.39, 0.29) is 4.47 Å². The predicted octanol–water partition coefficient (Wildman–Crippen LogP) is 4.25. The van der Waals surface area contributed by atoms with Gasteiger partial charge < -0.3 is 9.42 Å². The third-order valence-electron chi connectivity index (χ3n) is 1.73. The number of alkyl halides is 5. The Hall–Kier alpha value is -0.660. The van der Waals surface area contributed by atoms with E-state index in [0.717, 1.165) is 6.07 Å². The van der Waals surface area contributed by atoms with Gasteiger partial charge in [0.2, 0.25) is 0 Å². The molecule has 1 unspecified atom stereocenters. The molecule has 0 fully saturated rings. The summed E-state index contributed by atoms with van der Waals surface area (Å²) in [6.45, 7) is 0. The average molecular weight is 355 g/mol. The number of hydrogen-bond donors (Lipinski definition) is 1. The third kappa shape index (κ3) is 3.66. The van der Waals surface area contributed by atoms with Crippen molar-refractivity contribution in [1.82, 2.24) is 0 Å². The minimum absolute atomic E-state index is 0.148. The molecule has 1 aromatic rings. The molecule has 0 aliphatic carbocycles.